The van der Waals surface area contributed by atoms with E-state index in [2.05, 4.69) is 34.6 Å². The van der Waals surface area contributed by atoms with Gasteiger partial charge in [0.05, 0.1) is 0 Å². The lowest BCUT2D eigenvalue weighted by Crippen LogP contribution is -2.58. The van der Waals surface area contributed by atoms with Gasteiger partial charge in [-0.25, -0.2) is 4.79 Å². The minimum absolute atomic E-state index is 0.315. The fraction of sp³-hybridized carbons (Fsp3) is 0.966. The van der Waals surface area contributed by atoms with Crippen molar-refractivity contribution in [3.63, 3.8) is 0 Å². The van der Waals surface area contributed by atoms with Gasteiger partial charge in [0.2, 0.25) is 0 Å². The van der Waals surface area contributed by atoms with E-state index in [-0.39, 0.29) is 5.41 Å². The summed E-state index contributed by atoms with van der Waals surface area (Å²) in [5.41, 5.74) is 0.0405. The van der Waals surface area contributed by atoms with Crippen LogP contribution < -0.4 is 0 Å². The van der Waals surface area contributed by atoms with Crippen LogP contribution in [0.1, 0.15) is 112 Å². The van der Waals surface area contributed by atoms with E-state index < -0.39 is 18.2 Å². The van der Waals surface area contributed by atoms with Crippen molar-refractivity contribution in [2.24, 2.45) is 52.3 Å². The van der Waals surface area contributed by atoms with Gasteiger partial charge in [0.15, 0.2) is 0 Å². The average Bonchev–Trinajstić information content (AvgIpc) is 3.10. The highest BCUT2D eigenvalue weighted by molar-refractivity contribution is 5.75. The third-order valence-corrected chi connectivity index (χ3v) is 11.4. The molecule has 0 spiro atoms. The lowest BCUT2D eigenvalue weighted by atomic mass is 9.44. The zero-order valence-corrected chi connectivity index (χ0v) is 22.1. The molecule has 4 aliphatic rings. The van der Waals surface area contributed by atoms with Crippen LogP contribution >= 0.6 is 0 Å². The van der Waals surface area contributed by atoms with E-state index in [0.29, 0.717) is 35.5 Å². The molecule has 196 valence electrons. The number of esters is 1. The summed E-state index contributed by atoms with van der Waals surface area (Å²) in [4.78, 5) is 11.8. The van der Waals surface area contributed by atoms with Crippen molar-refractivity contribution in [3.8, 4) is 0 Å². The number of alkyl halides is 3. The molecule has 0 aliphatic heterocycles. The fourth-order valence-electron chi connectivity index (χ4n) is 9.69. The van der Waals surface area contributed by atoms with Crippen molar-refractivity contribution in [1.82, 2.24) is 0 Å². The summed E-state index contributed by atoms with van der Waals surface area (Å²) in [5.74, 6) is 2.28. The van der Waals surface area contributed by atoms with Gasteiger partial charge in [-0.3, -0.25) is 0 Å². The Morgan fingerprint density at radius 1 is 0.941 bits per heavy atom. The Labute approximate surface area is 205 Å². The topological polar surface area (TPSA) is 26.3 Å². The molecular formula is C29H47F3O2. The summed E-state index contributed by atoms with van der Waals surface area (Å²) in [6.07, 6.45) is 8.07. The molecule has 1 unspecified atom stereocenters. The normalized spacial score (nSPS) is 43.1. The first-order valence-corrected chi connectivity index (χ1v) is 14.2. The number of halogens is 3. The fourth-order valence-corrected chi connectivity index (χ4v) is 9.69. The molecule has 0 bridgehead atoms. The number of hydrogen-bond donors (Lipinski definition) is 0. The first-order chi connectivity index (χ1) is 15.9. The third-order valence-electron chi connectivity index (χ3n) is 11.4. The zero-order chi connectivity index (χ0) is 24.9. The minimum Gasteiger partial charge on any atom is -0.455 e. The maximum atomic E-state index is 13.1. The molecule has 0 heterocycles. The highest BCUT2D eigenvalue weighted by Gasteiger charge is 2.63. The Bertz CT molecular complexity index is 733. The number of carbonyl (C=O) groups is 1. The summed E-state index contributed by atoms with van der Waals surface area (Å²) in [5, 5.41) is 0. The Morgan fingerprint density at radius 3 is 2.35 bits per heavy atom. The summed E-state index contributed by atoms with van der Waals surface area (Å²) in [6, 6.07) is 0. The lowest BCUT2D eigenvalue weighted by Gasteiger charge is -2.62. The van der Waals surface area contributed by atoms with Crippen LogP contribution in [0.15, 0.2) is 0 Å². The first-order valence-electron chi connectivity index (χ1n) is 14.2. The molecule has 4 rings (SSSR count). The molecule has 0 aromatic rings. The maximum absolute atomic E-state index is 13.1. The zero-order valence-electron chi connectivity index (χ0n) is 22.1. The molecule has 4 fully saturated rings. The van der Waals surface area contributed by atoms with E-state index in [9.17, 15) is 18.0 Å². The molecule has 0 aromatic heterocycles. The van der Waals surface area contributed by atoms with Crippen LogP contribution in [0.5, 0.6) is 0 Å². The molecule has 0 N–H and O–H groups in total. The molecule has 34 heavy (non-hydrogen) atoms. The predicted molar refractivity (Wildman–Crippen MR) is 129 cm³/mol. The largest absolute Gasteiger partial charge is 0.490 e. The van der Waals surface area contributed by atoms with Crippen LogP contribution in [0.2, 0.25) is 0 Å². The number of hydrogen-bond acceptors (Lipinski definition) is 2. The van der Waals surface area contributed by atoms with E-state index in [1.54, 1.807) is 0 Å². The van der Waals surface area contributed by atoms with Crippen molar-refractivity contribution in [1.29, 1.82) is 0 Å². The Hall–Kier alpha value is -0.740. The van der Waals surface area contributed by atoms with E-state index >= 15 is 0 Å². The second kappa shape index (κ2) is 9.61. The van der Waals surface area contributed by atoms with E-state index in [1.807, 2.05) is 0 Å². The number of carbonyl (C=O) groups excluding carboxylic acids is 1. The third kappa shape index (κ3) is 4.56. The van der Waals surface area contributed by atoms with Crippen LogP contribution in [0.3, 0.4) is 0 Å². The van der Waals surface area contributed by atoms with Crippen molar-refractivity contribution in [3.05, 3.63) is 0 Å². The molecule has 5 heteroatoms. The Balaban J connectivity index is 1.52. The summed E-state index contributed by atoms with van der Waals surface area (Å²) < 4.78 is 44.5. The Kier molecular flexibility index (Phi) is 7.44. The molecule has 9 atom stereocenters. The van der Waals surface area contributed by atoms with E-state index in [0.717, 1.165) is 43.4 Å². The molecular weight excluding hydrogens is 437 g/mol. The van der Waals surface area contributed by atoms with Crippen molar-refractivity contribution >= 4 is 5.97 Å². The smallest absolute Gasteiger partial charge is 0.455 e. The van der Waals surface area contributed by atoms with E-state index in [4.69, 9.17) is 4.74 Å². The van der Waals surface area contributed by atoms with Gasteiger partial charge in [-0.2, -0.15) is 13.2 Å². The van der Waals surface area contributed by atoms with Crippen molar-refractivity contribution in [2.45, 2.75) is 124 Å². The standard InChI is InChI=1S/C29H47F3O2/c1-18(2)8-6-9-19(3)22-14-15-23-21-13-12-20-10-7-11-25(34-26(33)29(30,31)32)28(20,5)24(21)16-17-27(22,23)4/h18-25H,6-17H2,1-5H3/t19-,20+,21+,22-,23-,24-,25?,27+,28-/m0/s1. The second-order valence-electron chi connectivity index (χ2n) is 13.4. The van der Waals surface area contributed by atoms with Crippen LogP contribution in [0.25, 0.3) is 0 Å². The van der Waals surface area contributed by atoms with Gasteiger partial charge in [-0.1, -0.05) is 53.9 Å². The first kappa shape index (κ1) is 26.3. The van der Waals surface area contributed by atoms with E-state index in [1.165, 1.54) is 44.9 Å². The van der Waals surface area contributed by atoms with Crippen LogP contribution in [0, 0.1) is 52.3 Å². The number of fused-ring (bicyclic) bond motifs is 5. The number of ether oxygens (including phenoxy) is 1. The van der Waals surface area contributed by atoms with Crippen LogP contribution in [-0.4, -0.2) is 18.2 Å². The van der Waals surface area contributed by atoms with Gasteiger partial charge >= 0.3 is 12.1 Å². The molecule has 4 aliphatic carbocycles. The summed E-state index contributed by atoms with van der Waals surface area (Å²) in [6.45, 7) is 11.8. The molecule has 0 radical (unpaired) electrons. The molecule has 4 saturated carbocycles. The lowest BCUT2D eigenvalue weighted by molar-refractivity contribution is -0.227. The monoisotopic (exact) mass is 484 g/mol. The maximum Gasteiger partial charge on any atom is 0.490 e. The quantitative estimate of drug-likeness (QED) is 0.353. The van der Waals surface area contributed by atoms with Gasteiger partial charge in [-0.15, -0.1) is 0 Å². The highest BCUT2D eigenvalue weighted by atomic mass is 19.4. The van der Waals surface area contributed by atoms with Gasteiger partial charge in [0.25, 0.3) is 0 Å². The second-order valence-corrected chi connectivity index (χ2v) is 13.4. The van der Waals surface area contributed by atoms with Gasteiger partial charge in [0.1, 0.15) is 6.10 Å². The van der Waals surface area contributed by atoms with Gasteiger partial charge in [0, 0.05) is 5.41 Å². The van der Waals surface area contributed by atoms with Crippen LogP contribution in [-0.2, 0) is 9.53 Å². The molecule has 0 aromatic carbocycles. The van der Waals surface area contributed by atoms with Crippen LogP contribution in [0.4, 0.5) is 13.2 Å². The average molecular weight is 485 g/mol. The van der Waals surface area contributed by atoms with Crippen molar-refractivity contribution < 1.29 is 22.7 Å². The number of rotatable bonds is 6. The molecule has 2 nitrogen and oxygen atoms in total. The molecule has 0 saturated heterocycles. The predicted octanol–water partition coefficient (Wildman–Crippen LogP) is 8.58. The summed E-state index contributed by atoms with van der Waals surface area (Å²) in [7, 11) is 0. The Morgan fingerprint density at radius 2 is 1.68 bits per heavy atom. The minimum atomic E-state index is -4.91. The molecule has 0 amide bonds. The highest BCUT2D eigenvalue weighted by Crippen LogP contribution is 2.68. The summed E-state index contributed by atoms with van der Waals surface area (Å²) >= 11 is 0. The van der Waals surface area contributed by atoms with Gasteiger partial charge < -0.3 is 4.74 Å². The van der Waals surface area contributed by atoms with Crippen molar-refractivity contribution in [2.75, 3.05) is 0 Å². The SMILES string of the molecule is CC(C)CCC[C@H](C)[C@@H]1CC[C@H]2[C@H]3CC[C@H]4CCCC(OC(=O)C(F)(F)F)[C@]4(C)[C@H]3CC[C@@]21C. The van der Waals surface area contributed by atoms with Gasteiger partial charge in [-0.05, 0) is 105 Å².